The van der Waals surface area contributed by atoms with Gasteiger partial charge in [0.05, 0.1) is 13.1 Å². The predicted octanol–water partition coefficient (Wildman–Crippen LogP) is 0.303. The molecule has 0 aromatic heterocycles. The molecular formula is C10H8FN2O2. The number of hydrogen-bond acceptors (Lipinski definition) is 3. The van der Waals surface area contributed by atoms with Gasteiger partial charge in [0.1, 0.15) is 5.82 Å². The molecule has 1 aromatic rings. The number of rotatable bonds is 1. The summed E-state index contributed by atoms with van der Waals surface area (Å²) in [5, 5.41) is 3.28. The lowest BCUT2D eigenvalue weighted by Gasteiger charge is -2.25. The molecule has 0 N–H and O–H groups in total. The number of imide groups is 1. The molecule has 1 aromatic carbocycles. The van der Waals surface area contributed by atoms with Crippen molar-refractivity contribution < 1.29 is 14.0 Å². The maximum Gasteiger partial charge on any atom is 0.268 e. The van der Waals surface area contributed by atoms with Crippen LogP contribution in [0.3, 0.4) is 0 Å². The topological polar surface area (TPSA) is 51.5 Å². The number of amides is 2. The molecule has 1 aliphatic rings. The van der Waals surface area contributed by atoms with Crippen molar-refractivity contribution in [2.75, 3.05) is 18.0 Å². The fraction of sp³-hybridized carbons (Fsp3) is 0.200. The number of nitrogens with zero attached hydrogens (tertiary/aromatic N) is 2. The van der Waals surface area contributed by atoms with Crippen molar-refractivity contribution in [1.82, 2.24) is 5.32 Å². The van der Waals surface area contributed by atoms with Gasteiger partial charge in [-0.15, -0.1) is 0 Å². The van der Waals surface area contributed by atoms with E-state index in [1.54, 1.807) is 4.90 Å². The van der Waals surface area contributed by atoms with E-state index in [2.05, 4.69) is 5.32 Å². The summed E-state index contributed by atoms with van der Waals surface area (Å²) in [5.41, 5.74) is 0.646. The molecule has 1 aliphatic heterocycles. The van der Waals surface area contributed by atoms with E-state index in [0.717, 1.165) is 0 Å². The summed E-state index contributed by atoms with van der Waals surface area (Å²) in [6, 6.07) is 5.63. The van der Waals surface area contributed by atoms with Gasteiger partial charge in [-0.1, -0.05) is 0 Å². The minimum Gasteiger partial charge on any atom is -0.353 e. The molecule has 0 spiro atoms. The van der Waals surface area contributed by atoms with E-state index in [-0.39, 0.29) is 18.9 Å². The molecule has 0 bridgehead atoms. The van der Waals surface area contributed by atoms with Gasteiger partial charge in [0, 0.05) is 5.69 Å². The molecular weight excluding hydrogens is 199 g/mol. The lowest BCUT2D eigenvalue weighted by atomic mass is 10.2. The molecule has 1 radical (unpaired) electrons. The van der Waals surface area contributed by atoms with Crippen molar-refractivity contribution in [2.45, 2.75) is 0 Å². The smallest absolute Gasteiger partial charge is 0.268 e. The third-order valence-corrected chi connectivity index (χ3v) is 2.09. The maximum atomic E-state index is 12.6. The van der Waals surface area contributed by atoms with Crippen LogP contribution >= 0.6 is 0 Å². The standard InChI is InChI=1S/C10H8FN2O2/c11-7-1-3-8(4-2-7)13-5-9(14)12-10(15)6-13/h1-4H,5-6H2. The molecule has 1 saturated heterocycles. The summed E-state index contributed by atoms with van der Waals surface area (Å²) in [5.74, 6) is -1.27. The van der Waals surface area contributed by atoms with Gasteiger partial charge in [-0.05, 0) is 24.3 Å². The van der Waals surface area contributed by atoms with Crippen molar-refractivity contribution in [3.05, 3.63) is 30.1 Å². The minimum atomic E-state index is -0.462. The van der Waals surface area contributed by atoms with E-state index in [0.29, 0.717) is 5.69 Å². The third kappa shape index (κ3) is 2.12. The largest absolute Gasteiger partial charge is 0.353 e. The van der Waals surface area contributed by atoms with E-state index in [9.17, 15) is 14.0 Å². The van der Waals surface area contributed by atoms with Crippen LogP contribution in [0.25, 0.3) is 0 Å². The van der Waals surface area contributed by atoms with Gasteiger partial charge >= 0.3 is 0 Å². The van der Waals surface area contributed by atoms with E-state index >= 15 is 0 Å². The van der Waals surface area contributed by atoms with Crippen molar-refractivity contribution >= 4 is 17.5 Å². The molecule has 4 nitrogen and oxygen atoms in total. The van der Waals surface area contributed by atoms with E-state index in [4.69, 9.17) is 0 Å². The number of carbonyl (C=O) groups is 2. The highest BCUT2D eigenvalue weighted by atomic mass is 19.1. The molecule has 0 atom stereocenters. The first-order valence-electron chi connectivity index (χ1n) is 4.43. The number of hydrogen-bond donors (Lipinski definition) is 0. The molecule has 2 amide bonds. The summed E-state index contributed by atoms with van der Waals surface area (Å²) < 4.78 is 12.6. The third-order valence-electron chi connectivity index (χ3n) is 2.09. The fourth-order valence-electron chi connectivity index (χ4n) is 1.43. The van der Waals surface area contributed by atoms with Crippen LogP contribution in [0.15, 0.2) is 24.3 Å². The molecule has 1 fully saturated rings. The van der Waals surface area contributed by atoms with E-state index in [1.165, 1.54) is 24.3 Å². The highest BCUT2D eigenvalue weighted by Crippen LogP contribution is 2.15. The summed E-state index contributed by atoms with van der Waals surface area (Å²) in [7, 11) is 0. The van der Waals surface area contributed by atoms with Gasteiger partial charge in [0.15, 0.2) is 0 Å². The average Bonchev–Trinajstić information content (AvgIpc) is 2.17. The number of anilines is 1. The first-order chi connectivity index (χ1) is 7.15. The first-order valence-corrected chi connectivity index (χ1v) is 4.43. The molecule has 2 rings (SSSR count). The van der Waals surface area contributed by atoms with Gasteiger partial charge in [0.2, 0.25) is 0 Å². The van der Waals surface area contributed by atoms with Crippen molar-refractivity contribution in [2.24, 2.45) is 0 Å². The Kier molecular flexibility index (Phi) is 2.37. The number of halogens is 1. The van der Waals surface area contributed by atoms with Crippen molar-refractivity contribution in [3.8, 4) is 0 Å². The van der Waals surface area contributed by atoms with E-state index < -0.39 is 11.8 Å². The zero-order chi connectivity index (χ0) is 10.8. The summed E-state index contributed by atoms with van der Waals surface area (Å²) in [6.45, 7) is 0.134. The Balaban J connectivity index is 2.19. The summed E-state index contributed by atoms with van der Waals surface area (Å²) >= 11 is 0. The Labute approximate surface area is 85.7 Å². The second kappa shape index (κ2) is 3.68. The van der Waals surface area contributed by atoms with Crippen LogP contribution in [0.5, 0.6) is 0 Å². The highest BCUT2D eigenvalue weighted by Gasteiger charge is 2.24. The second-order valence-corrected chi connectivity index (χ2v) is 3.23. The SMILES string of the molecule is O=C1CN(c2ccc(F)cc2)CC(=O)[N]1. The zero-order valence-corrected chi connectivity index (χ0v) is 7.81. The second-order valence-electron chi connectivity index (χ2n) is 3.23. The van der Waals surface area contributed by atoms with Gasteiger partial charge in [0.25, 0.3) is 11.8 Å². The molecule has 5 heteroatoms. The van der Waals surface area contributed by atoms with Crippen molar-refractivity contribution in [1.29, 1.82) is 0 Å². The lowest BCUT2D eigenvalue weighted by molar-refractivity contribution is -0.131. The Bertz CT molecular complexity index is 386. The van der Waals surface area contributed by atoms with Crippen LogP contribution in [0.1, 0.15) is 0 Å². The van der Waals surface area contributed by atoms with E-state index in [1.807, 2.05) is 0 Å². The summed E-state index contributed by atoms with van der Waals surface area (Å²) in [4.78, 5) is 23.6. The van der Waals surface area contributed by atoms with Gasteiger partial charge < -0.3 is 4.90 Å². The predicted molar refractivity (Wildman–Crippen MR) is 50.8 cm³/mol. The lowest BCUT2D eigenvalue weighted by Crippen LogP contribution is -2.47. The first kappa shape index (κ1) is 9.64. The molecule has 1 heterocycles. The van der Waals surface area contributed by atoms with Gasteiger partial charge in [-0.3, -0.25) is 9.59 Å². The number of carbonyl (C=O) groups excluding carboxylic acids is 2. The van der Waals surface area contributed by atoms with Crippen LogP contribution in [-0.4, -0.2) is 24.9 Å². The maximum absolute atomic E-state index is 12.6. The number of benzene rings is 1. The molecule has 0 saturated carbocycles. The van der Waals surface area contributed by atoms with Gasteiger partial charge in [-0.2, -0.15) is 5.32 Å². The Hall–Kier alpha value is -1.91. The number of piperazine rings is 1. The normalized spacial score (nSPS) is 16.5. The fourth-order valence-corrected chi connectivity index (χ4v) is 1.43. The average molecular weight is 207 g/mol. The molecule has 77 valence electrons. The van der Waals surface area contributed by atoms with Crippen molar-refractivity contribution in [3.63, 3.8) is 0 Å². The van der Waals surface area contributed by atoms with Crippen LogP contribution in [0, 0.1) is 5.82 Å². The highest BCUT2D eigenvalue weighted by molar-refractivity contribution is 6.02. The Morgan fingerprint density at radius 3 is 2.13 bits per heavy atom. The van der Waals surface area contributed by atoms with Crippen LogP contribution < -0.4 is 10.2 Å². The minimum absolute atomic E-state index is 0.0668. The van der Waals surface area contributed by atoms with Gasteiger partial charge in [-0.25, -0.2) is 4.39 Å². The molecule has 0 unspecified atom stereocenters. The molecule has 15 heavy (non-hydrogen) atoms. The summed E-state index contributed by atoms with van der Waals surface area (Å²) in [6.07, 6.45) is 0. The monoisotopic (exact) mass is 207 g/mol. The van der Waals surface area contributed by atoms with Crippen LogP contribution in [-0.2, 0) is 9.59 Å². The zero-order valence-electron chi connectivity index (χ0n) is 7.81. The molecule has 0 aliphatic carbocycles. The van der Waals surface area contributed by atoms with Crippen LogP contribution in [0.4, 0.5) is 10.1 Å². The Morgan fingerprint density at radius 1 is 1.07 bits per heavy atom. The Morgan fingerprint density at radius 2 is 1.60 bits per heavy atom. The van der Waals surface area contributed by atoms with Crippen LogP contribution in [0.2, 0.25) is 0 Å². The quantitative estimate of drug-likeness (QED) is 0.622.